The van der Waals surface area contributed by atoms with Crippen molar-refractivity contribution < 1.29 is 17.9 Å². The zero-order valence-electron chi connectivity index (χ0n) is 12.9. The van der Waals surface area contributed by atoms with Gasteiger partial charge in [-0.25, -0.2) is 12.7 Å². The molecule has 122 valence electrons. The van der Waals surface area contributed by atoms with Crippen molar-refractivity contribution in [2.45, 2.75) is 38.0 Å². The number of piperidine rings is 1. The van der Waals surface area contributed by atoms with Crippen LogP contribution in [0.3, 0.4) is 0 Å². The molecule has 5 nitrogen and oxygen atoms in total. The van der Waals surface area contributed by atoms with Gasteiger partial charge < -0.3 is 4.74 Å². The van der Waals surface area contributed by atoms with Crippen LogP contribution in [0.25, 0.3) is 0 Å². The first-order chi connectivity index (χ1) is 10.5. The molecule has 1 saturated heterocycles. The number of hydrogen-bond acceptors (Lipinski definition) is 4. The van der Waals surface area contributed by atoms with E-state index in [0.717, 1.165) is 5.56 Å². The van der Waals surface area contributed by atoms with Crippen molar-refractivity contribution in [2.75, 3.05) is 19.7 Å². The van der Waals surface area contributed by atoms with E-state index in [1.165, 1.54) is 4.31 Å². The summed E-state index contributed by atoms with van der Waals surface area (Å²) in [5.74, 6) is 0.118. The van der Waals surface area contributed by atoms with Crippen LogP contribution in [0.1, 0.15) is 31.7 Å². The SMILES string of the molecule is CCC(=O)COC1CCN(S(=O)(=O)Cc2ccccc2)CC1. The molecule has 0 saturated carbocycles. The molecule has 0 spiro atoms. The minimum Gasteiger partial charge on any atom is -0.370 e. The average Bonchev–Trinajstić information content (AvgIpc) is 2.53. The molecular formula is C16H23NO4S. The number of carbonyl (C=O) groups is 1. The fourth-order valence-corrected chi connectivity index (χ4v) is 4.03. The Labute approximate surface area is 132 Å². The summed E-state index contributed by atoms with van der Waals surface area (Å²) < 4.78 is 31.9. The van der Waals surface area contributed by atoms with Gasteiger partial charge in [-0.1, -0.05) is 37.3 Å². The number of ether oxygens (including phenoxy) is 1. The molecule has 0 atom stereocenters. The molecule has 1 aromatic rings. The van der Waals surface area contributed by atoms with Gasteiger partial charge in [0.15, 0.2) is 5.78 Å². The molecule has 0 aromatic heterocycles. The number of carbonyl (C=O) groups excluding carboxylic acids is 1. The molecule has 0 radical (unpaired) electrons. The number of ketones is 1. The van der Waals surface area contributed by atoms with Crippen molar-refractivity contribution >= 4 is 15.8 Å². The summed E-state index contributed by atoms with van der Waals surface area (Å²) in [6.07, 6.45) is 1.75. The van der Waals surface area contributed by atoms with Crippen LogP contribution in [-0.4, -0.2) is 44.3 Å². The molecule has 1 aliphatic rings. The van der Waals surface area contributed by atoms with E-state index in [4.69, 9.17) is 4.74 Å². The second-order valence-corrected chi connectivity index (χ2v) is 7.51. The highest BCUT2D eigenvalue weighted by Crippen LogP contribution is 2.19. The number of Topliss-reactive ketones (excluding diaryl/α,β-unsaturated/α-hetero) is 1. The van der Waals surface area contributed by atoms with Crippen molar-refractivity contribution in [3.63, 3.8) is 0 Å². The lowest BCUT2D eigenvalue weighted by atomic mass is 10.1. The maximum absolute atomic E-state index is 12.4. The first-order valence-corrected chi connectivity index (χ1v) is 9.27. The number of rotatable bonds is 7. The van der Waals surface area contributed by atoms with Crippen LogP contribution < -0.4 is 0 Å². The molecule has 0 N–H and O–H groups in total. The van der Waals surface area contributed by atoms with Crippen LogP contribution in [0.5, 0.6) is 0 Å². The third kappa shape index (κ3) is 4.90. The van der Waals surface area contributed by atoms with E-state index in [1.807, 2.05) is 37.3 Å². The lowest BCUT2D eigenvalue weighted by molar-refractivity contribution is -0.126. The van der Waals surface area contributed by atoms with E-state index in [0.29, 0.717) is 32.4 Å². The Morgan fingerprint density at radius 3 is 2.45 bits per heavy atom. The predicted molar refractivity (Wildman–Crippen MR) is 84.9 cm³/mol. The molecule has 0 amide bonds. The van der Waals surface area contributed by atoms with Crippen molar-refractivity contribution in [2.24, 2.45) is 0 Å². The molecule has 22 heavy (non-hydrogen) atoms. The van der Waals surface area contributed by atoms with Crippen molar-refractivity contribution in [1.29, 1.82) is 0 Å². The summed E-state index contributed by atoms with van der Waals surface area (Å²) in [5.41, 5.74) is 0.800. The van der Waals surface area contributed by atoms with Gasteiger partial charge in [-0.15, -0.1) is 0 Å². The number of hydrogen-bond donors (Lipinski definition) is 0. The topological polar surface area (TPSA) is 63.7 Å². The Kier molecular flexibility index (Phi) is 6.11. The normalized spacial score (nSPS) is 17.5. The van der Waals surface area contributed by atoms with Crippen LogP contribution in [0.4, 0.5) is 0 Å². The molecule has 1 heterocycles. The number of nitrogens with zero attached hydrogens (tertiary/aromatic N) is 1. The van der Waals surface area contributed by atoms with Gasteiger partial charge in [0.05, 0.1) is 11.9 Å². The molecule has 6 heteroatoms. The molecule has 2 rings (SSSR count). The van der Waals surface area contributed by atoms with E-state index in [1.54, 1.807) is 0 Å². The largest absolute Gasteiger partial charge is 0.370 e. The highest BCUT2D eigenvalue weighted by molar-refractivity contribution is 7.88. The van der Waals surface area contributed by atoms with E-state index in [9.17, 15) is 13.2 Å². The lowest BCUT2D eigenvalue weighted by Gasteiger charge is -2.31. The second kappa shape index (κ2) is 7.85. The van der Waals surface area contributed by atoms with Crippen LogP contribution in [0.2, 0.25) is 0 Å². The van der Waals surface area contributed by atoms with E-state index >= 15 is 0 Å². The molecule has 1 aromatic carbocycles. The van der Waals surface area contributed by atoms with Gasteiger partial charge in [0.2, 0.25) is 10.0 Å². The zero-order valence-corrected chi connectivity index (χ0v) is 13.7. The molecule has 1 aliphatic heterocycles. The van der Waals surface area contributed by atoms with Gasteiger partial charge in [-0.05, 0) is 18.4 Å². The van der Waals surface area contributed by atoms with Crippen LogP contribution in [0.15, 0.2) is 30.3 Å². The molecule has 0 unspecified atom stereocenters. The van der Waals surface area contributed by atoms with Crippen LogP contribution in [-0.2, 0) is 25.3 Å². The summed E-state index contributed by atoms with van der Waals surface area (Å²) in [5, 5.41) is 0. The summed E-state index contributed by atoms with van der Waals surface area (Å²) in [4.78, 5) is 11.2. The maximum atomic E-state index is 12.4. The highest BCUT2D eigenvalue weighted by Gasteiger charge is 2.28. The Morgan fingerprint density at radius 2 is 1.86 bits per heavy atom. The fourth-order valence-electron chi connectivity index (χ4n) is 2.47. The first-order valence-electron chi connectivity index (χ1n) is 7.66. The fraction of sp³-hybridized carbons (Fsp3) is 0.562. The summed E-state index contributed by atoms with van der Waals surface area (Å²) in [6, 6.07) is 9.20. The van der Waals surface area contributed by atoms with E-state index in [-0.39, 0.29) is 24.2 Å². The van der Waals surface area contributed by atoms with Gasteiger partial charge >= 0.3 is 0 Å². The van der Waals surface area contributed by atoms with E-state index in [2.05, 4.69) is 0 Å². The molecular weight excluding hydrogens is 302 g/mol. The van der Waals surface area contributed by atoms with E-state index < -0.39 is 10.0 Å². The predicted octanol–water partition coefficient (Wildman–Crippen LogP) is 1.98. The Balaban J connectivity index is 1.84. The number of sulfonamides is 1. The Morgan fingerprint density at radius 1 is 1.23 bits per heavy atom. The van der Waals surface area contributed by atoms with Gasteiger partial charge in [0, 0.05) is 19.5 Å². The Hall–Kier alpha value is -1.24. The van der Waals surface area contributed by atoms with Gasteiger partial charge in [-0.2, -0.15) is 0 Å². The van der Waals surface area contributed by atoms with Crippen molar-refractivity contribution in [1.82, 2.24) is 4.31 Å². The number of benzene rings is 1. The third-order valence-electron chi connectivity index (χ3n) is 3.86. The van der Waals surface area contributed by atoms with Crippen LogP contribution in [0, 0.1) is 0 Å². The van der Waals surface area contributed by atoms with Crippen molar-refractivity contribution in [3.8, 4) is 0 Å². The standard InChI is InChI=1S/C16H23NO4S/c1-2-15(18)12-21-16-8-10-17(11-9-16)22(19,20)13-14-6-4-3-5-7-14/h3-7,16H,2,8-13H2,1H3. The molecule has 1 fully saturated rings. The monoisotopic (exact) mass is 325 g/mol. The molecule has 0 bridgehead atoms. The minimum atomic E-state index is -3.28. The smallest absolute Gasteiger partial charge is 0.218 e. The van der Waals surface area contributed by atoms with Gasteiger partial charge in [0.1, 0.15) is 6.61 Å². The third-order valence-corrected chi connectivity index (χ3v) is 5.71. The maximum Gasteiger partial charge on any atom is 0.218 e. The average molecular weight is 325 g/mol. The first kappa shape index (κ1) is 17.1. The molecule has 0 aliphatic carbocycles. The summed E-state index contributed by atoms with van der Waals surface area (Å²) in [6.45, 7) is 2.86. The second-order valence-electron chi connectivity index (χ2n) is 5.54. The lowest BCUT2D eigenvalue weighted by Crippen LogP contribution is -2.41. The minimum absolute atomic E-state index is 0.0151. The van der Waals surface area contributed by atoms with Gasteiger partial charge in [0.25, 0.3) is 0 Å². The Bertz CT molecular complexity index is 577. The summed E-state index contributed by atoms with van der Waals surface area (Å²) in [7, 11) is -3.28. The van der Waals surface area contributed by atoms with Gasteiger partial charge in [-0.3, -0.25) is 4.79 Å². The highest BCUT2D eigenvalue weighted by atomic mass is 32.2. The zero-order chi connectivity index (χ0) is 16.0. The van der Waals surface area contributed by atoms with Crippen LogP contribution >= 0.6 is 0 Å². The quantitative estimate of drug-likeness (QED) is 0.769. The van der Waals surface area contributed by atoms with Crippen molar-refractivity contribution in [3.05, 3.63) is 35.9 Å². The summed E-state index contributed by atoms with van der Waals surface area (Å²) >= 11 is 0.